The Morgan fingerprint density at radius 2 is 1.58 bits per heavy atom. The van der Waals surface area contributed by atoms with Gasteiger partial charge in [0.05, 0.1) is 11.7 Å². The predicted octanol–water partition coefficient (Wildman–Crippen LogP) is 4.80. The fourth-order valence-corrected chi connectivity index (χ4v) is 2.73. The van der Waals surface area contributed by atoms with Crippen LogP contribution in [0.15, 0.2) is 72.9 Å². The number of hydrogen-bond donors (Lipinski definition) is 2. The van der Waals surface area contributed by atoms with Crippen LogP contribution in [-0.2, 0) is 6.42 Å². The molecule has 2 aromatic carbocycles. The number of carbonyl (C=O) groups excluding carboxylic acids is 1. The Bertz CT molecular complexity index is 843. The van der Waals surface area contributed by atoms with E-state index in [-0.39, 0.29) is 12.1 Å². The summed E-state index contributed by atoms with van der Waals surface area (Å²) in [5.74, 6) is 0. The van der Waals surface area contributed by atoms with Crippen LogP contribution >= 0.6 is 0 Å². The Morgan fingerprint density at radius 3 is 2.19 bits per heavy atom. The third kappa shape index (κ3) is 4.93. The van der Waals surface area contributed by atoms with Crippen molar-refractivity contribution in [1.29, 1.82) is 0 Å². The topological polar surface area (TPSA) is 54.0 Å². The zero-order valence-corrected chi connectivity index (χ0v) is 15.1. The summed E-state index contributed by atoms with van der Waals surface area (Å²) in [5.41, 5.74) is 5.13. The van der Waals surface area contributed by atoms with Crippen LogP contribution in [0.2, 0.25) is 0 Å². The summed E-state index contributed by atoms with van der Waals surface area (Å²) in [4.78, 5) is 16.9. The lowest BCUT2D eigenvalue weighted by molar-refractivity contribution is 0.248. The van der Waals surface area contributed by atoms with Crippen LogP contribution < -0.4 is 10.6 Å². The maximum Gasteiger partial charge on any atom is 0.319 e. The minimum atomic E-state index is -0.239. The van der Waals surface area contributed by atoms with Gasteiger partial charge in [0.15, 0.2) is 0 Å². The van der Waals surface area contributed by atoms with Crippen molar-refractivity contribution in [2.75, 3.05) is 5.32 Å². The molecule has 26 heavy (non-hydrogen) atoms. The summed E-state index contributed by atoms with van der Waals surface area (Å²) in [5, 5.41) is 5.93. The molecule has 1 unspecified atom stereocenters. The van der Waals surface area contributed by atoms with Gasteiger partial charge in [0.25, 0.3) is 0 Å². The van der Waals surface area contributed by atoms with E-state index in [4.69, 9.17) is 0 Å². The summed E-state index contributed by atoms with van der Waals surface area (Å²) in [6.45, 7) is 4.08. The van der Waals surface area contributed by atoms with Crippen molar-refractivity contribution in [3.63, 3.8) is 0 Å². The largest absolute Gasteiger partial charge is 0.329 e. The molecule has 0 bridgehead atoms. The maximum atomic E-state index is 12.5. The van der Waals surface area contributed by atoms with Gasteiger partial charge in [-0.3, -0.25) is 4.98 Å². The van der Waals surface area contributed by atoms with Crippen molar-refractivity contribution in [1.82, 2.24) is 10.3 Å². The molecule has 2 N–H and O–H groups in total. The molecule has 2 amide bonds. The monoisotopic (exact) mass is 345 g/mol. The van der Waals surface area contributed by atoms with Crippen LogP contribution in [0.25, 0.3) is 0 Å². The highest BCUT2D eigenvalue weighted by Gasteiger charge is 2.16. The minimum Gasteiger partial charge on any atom is -0.329 e. The molecule has 3 rings (SSSR count). The first kappa shape index (κ1) is 17.7. The number of benzene rings is 2. The van der Waals surface area contributed by atoms with Gasteiger partial charge in [0.1, 0.15) is 0 Å². The maximum absolute atomic E-state index is 12.5. The van der Waals surface area contributed by atoms with Crippen molar-refractivity contribution in [3.05, 3.63) is 95.3 Å². The average Bonchev–Trinajstić information content (AvgIpc) is 2.65. The van der Waals surface area contributed by atoms with Gasteiger partial charge < -0.3 is 10.6 Å². The Kier molecular flexibility index (Phi) is 5.64. The SMILES string of the molecule is Cc1ccc(CC(NC(=O)Nc2ccc(C)cc2)c2ccccn2)cc1. The van der Waals surface area contributed by atoms with E-state index in [0.717, 1.165) is 22.5 Å². The van der Waals surface area contributed by atoms with E-state index in [2.05, 4.69) is 46.8 Å². The summed E-state index contributed by atoms with van der Waals surface area (Å²) >= 11 is 0. The second kappa shape index (κ2) is 8.30. The van der Waals surface area contributed by atoms with Gasteiger partial charge in [-0.05, 0) is 50.1 Å². The molecule has 0 aliphatic heterocycles. The van der Waals surface area contributed by atoms with Crippen LogP contribution in [0.1, 0.15) is 28.4 Å². The highest BCUT2D eigenvalue weighted by molar-refractivity contribution is 5.89. The lowest BCUT2D eigenvalue weighted by Crippen LogP contribution is -2.34. The van der Waals surface area contributed by atoms with Crippen molar-refractivity contribution in [2.24, 2.45) is 0 Å². The Balaban J connectivity index is 1.73. The molecule has 132 valence electrons. The number of urea groups is 1. The third-order valence-corrected chi connectivity index (χ3v) is 4.22. The highest BCUT2D eigenvalue weighted by atomic mass is 16.2. The first-order chi connectivity index (χ1) is 12.6. The smallest absolute Gasteiger partial charge is 0.319 e. The number of nitrogens with one attached hydrogen (secondary N) is 2. The summed E-state index contributed by atoms with van der Waals surface area (Å²) in [7, 11) is 0. The first-order valence-corrected chi connectivity index (χ1v) is 8.71. The molecule has 4 heteroatoms. The summed E-state index contributed by atoms with van der Waals surface area (Å²) < 4.78 is 0. The van der Waals surface area contributed by atoms with Crippen molar-refractivity contribution < 1.29 is 4.79 Å². The standard InChI is InChI=1S/C22H23N3O/c1-16-6-10-18(11-7-16)15-21(20-5-3-4-14-23-20)25-22(26)24-19-12-8-17(2)9-13-19/h3-14,21H,15H2,1-2H3,(H2,24,25,26). The Hall–Kier alpha value is -3.14. The number of hydrogen-bond acceptors (Lipinski definition) is 2. The fourth-order valence-electron chi connectivity index (χ4n) is 2.73. The number of nitrogens with zero attached hydrogens (tertiary/aromatic N) is 1. The Morgan fingerprint density at radius 1 is 0.923 bits per heavy atom. The average molecular weight is 345 g/mol. The molecule has 0 aliphatic rings. The van der Waals surface area contributed by atoms with E-state index in [1.54, 1.807) is 6.20 Å². The molecule has 0 saturated carbocycles. The van der Waals surface area contributed by atoms with Crippen molar-refractivity contribution >= 4 is 11.7 Å². The zero-order valence-electron chi connectivity index (χ0n) is 15.1. The normalized spacial score (nSPS) is 11.6. The van der Waals surface area contributed by atoms with E-state index in [9.17, 15) is 4.79 Å². The molecular weight excluding hydrogens is 322 g/mol. The van der Waals surface area contributed by atoms with Crippen molar-refractivity contribution in [3.8, 4) is 0 Å². The molecule has 0 radical (unpaired) electrons. The van der Waals surface area contributed by atoms with Gasteiger partial charge in [-0.15, -0.1) is 0 Å². The molecule has 0 aliphatic carbocycles. The number of anilines is 1. The number of rotatable bonds is 5. The molecule has 1 aromatic heterocycles. The van der Waals surface area contributed by atoms with Crippen molar-refractivity contribution in [2.45, 2.75) is 26.3 Å². The highest BCUT2D eigenvalue weighted by Crippen LogP contribution is 2.18. The lowest BCUT2D eigenvalue weighted by atomic mass is 10.0. The van der Waals surface area contributed by atoms with E-state index in [1.165, 1.54) is 5.56 Å². The van der Waals surface area contributed by atoms with Gasteiger partial charge in [0, 0.05) is 11.9 Å². The number of amides is 2. The van der Waals surface area contributed by atoms with E-state index in [0.29, 0.717) is 6.42 Å². The molecular formula is C22H23N3O. The summed E-state index contributed by atoms with van der Waals surface area (Å²) in [6.07, 6.45) is 2.43. The predicted molar refractivity (Wildman–Crippen MR) is 105 cm³/mol. The van der Waals surface area contributed by atoms with Crippen LogP contribution in [-0.4, -0.2) is 11.0 Å². The third-order valence-electron chi connectivity index (χ3n) is 4.22. The minimum absolute atomic E-state index is 0.204. The molecule has 0 saturated heterocycles. The van der Waals surface area contributed by atoms with Gasteiger partial charge in [-0.25, -0.2) is 4.79 Å². The zero-order chi connectivity index (χ0) is 18.4. The number of aryl methyl sites for hydroxylation is 2. The number of aromatic nitrogens is 1. The quantitative estimate of drug-likeness (QED) is 0.697. The van der Waals surface area contributed by atoms with Gasteiger partial charge in [-0.1, -0.05) is 53.6 Å². The summed E-state index contributed by atoms with van der Waals surface area (Å²) in [6, 6.07) is 21.4. The van der Waals surface area contributed by atoms with Crippen LogP contribution in [0.5, 0.6) is 0 Å². The lowest BCUT2D eigenvalue weighted by Gasteiger charge is -2.19. The number of carbonyl (C=O) groups is 1. The number of pyridine rings is 1. The van der Waals surface area contributed by atoms with Gasteiger partial charge in [-0.2, -0.15) is 0 Å². The molecule has 4 nitrogen and oxygen atoms in total. The fraction of sp³-hybridized carbons (Fsp3) is 0.182. The molecule has 1 heterocycles. The molecule has 1 atom stereocenters. The van der Waals surface area contributed by atoms with Crippen LogP contribution in [0.4, 0.5) is 10.5 Å². The van der Waals surface area contributed by atoms with E-state index < -0.39 is 0 Å². The van der Waals surface area contributed by atoms with Gasteiger partial charge >= 0.3 is 6.03 Å². The second-order valence-corrected chi connectivity index (χ2v) is 6.46. The van der Waals surface area contributed by atoms with Gasteiger partial charge in [0.2, 0.25) is 0 Å². The Labute approximate surface area is 154 Å². The second-order valence-electron chi connectivity index (χ2n) is 6.46. The van der Waals surface area contributed by atoms with E-state index in [1.807, 2.05) is 49.4 Å². The van der Waals surface area contributed by atoms with E-state index >= 15 is 0 Å². The first-order valence-electron chi connectivity index (χ1n) is 8.71. The van der Waals surface area contributed by atoms with Crippen LogP contribution in [0, 0.1) is 13.8 Å². The molecule has 0 fully saturated rings. The van der Waals surface area contributed by atoms with Crippen LogP contribution in [0.3, 0.4) is 0 Å². The molecule has 0 spiro atoms. The molecule has 3 aromatic rings.